The van der Waals surface area contributed by atoms with Crippen LogP contribution in [0.1, 0.15) is 53.9 Å². The van der Waals surface area contributed by atoms with Crippen LogP contribution in [0.15, 0.2) is 59.7 Å². The number of aliphatic hydroxyl groups excluding tert-OH is 1. The van der Waals surface area contributed by atoms with E-state index in [0.29, 0.717) is 36.4 Å². The molecule has 0 spiro atoms. The number of nitrogens with one attached hydrogen (secondary N) is 2. The molecule has 0 unspecified atom stereocenters. The Morgan fingerprint density at radius 2 is 1.95 bits per heavy atom. The number of hydrogen-bond donors (Lipinski definition) is 3. The van der Waals surface area contributed by atoms with Crippen LogP contribution in [0.2, 0.25) is 5.02 Å². The summed E-state index contributed by atoms with van der Waals surface area (Å²) < 4.78 is 30.1. The van der Waals surface area contributed by atoms with Gasteiger partial charge in [-0.3, -0.25) is 14.3 Å². The highest BCUT2D eigenvalue weighted by molar-refractivity contribution is 6.30. The van der Waals surface area contributed by atoms with E-state index in [1.54, 1.807) is 21.4 Å². The predicted octanol–water partition coefficient (Wildman–Crippen LogP) is 5.14. The smallest absolute Gasteiger partial charge is 0.334 e. The number of benzene rings is 1. The van der Waals surface area contributed by atoms with Crippen molar-refractivity contribution in [1.29, 1.82) is 0 Å². The fraction of sp³-hybridized carbons (Fsp3) is 0.310. The zero-order valence-corrected chi connectivity index (χ0v) is 22.6. The van der Waals surface area contributed by atoms with Gasteiger partial charge in [-0.05, 0) is 74.1 Å². The van der Waals surface area contributed by atoms with Crippen molar-refractivity contribution >= 4 is 39.6 Å². The molecule has 3 N–H and O–H groups in total. The lowest BCUT2D eigenvalue weighted by Crippen LogP contribution is -2.39. The molecule has 41 heavy (non-hydrogen) atoms. The third-order valence-electron chi connectivity index (χ3n) is 7.74. The first kappa shape index (κ1) is 27.1. The molecular weight excluding hydrogens is 554 g/mol. The molecule has 0 saturated heterocycles. The first-order chi connectivity index (χ1) is 19.8. The Hall–Kier alpha value is -4.09. The van der Waals surface area contributed by atoms with Crippen molar-refractivity contribution in [1.82, 2.24) is 29.4 Å². The van der Waals surface area contributed by atoms with Crippen molar-refractivity contribution in [2.75, 3.05) is 0 Å². The Kier molecular flexibility index (Phi) is 7.31. The molecule has 0 radical (unpaired) electrons. The number of imidazole rings is 1. The summed E-state index contributed by atoms with van der Waals surface area (Å²) in [5.74, 6) is -0.432. The van der Waals surface area contributed by atoms with Gasteiger partial charge in [0.1, 0.15) is 5.69 Å². The van der Waals surface area contributed by atoms with Gasteiger partial charge in [-0.25, -0.2) is 23.1 Å². The summed E-state index contributed by atoms with van der Waals surface area (Å²) >= 11 is 5.90. The lowest BCUT2D eigenvalue weighted by molar-refractivity contribution is 0.0904. The second kappa shape index (κ2) is 11.1. The largest absolute Gasteiger partial charge is 0.390 e. The van der Waals surface area contributed by atoms with Crippen LogP contribution in [0.3, 0.4) is 0 Å². The molecule has 1 aliphatic carbocycles. The minimum absolute atomic E-state index is 0.106. The Balaban J connectivity index is 1.19. The van der Waals surface area contributed by atoms with E-state index in [1.165, 1.54) is 6.07 Å². The number of rotatable bonds is 7. The third-order valence-corrected chi connectivity index (χ3v) is 7.95. The maximum atomic E-state index is 13.7. The number of carbonyl (C=O) groups is 1. The van der Waals surface area contributed by atoms with Gasteiger partial charge in [0.25, 0.3) is 12.3 Å². The lowest BCUT2D eigenvalue weighted by atomic mass is 9.85. The van der Waals surface area contributed by atoms with E-state index < -0.39 is 18.0 Å². The van der Waals surface area contributed by atoms with Crippen LogP contribution in [0, 0.1) is 5.92 Å². The minimum atomic E-state index is -2.89. The van der Waals surface area contributed by atoms with E-state index in [-0.39, 0.29) is 34.8 Å². The summed E-state index contributed by atoms with van der Waals surface area (Å²) in [6.07, 6.45) is 2.67. The van der Waals surface area contributed by atoms with Crippen LogP contribution < -0.4 is 11.0 Å². The molecule has 4 aromatic heterocycles. The molecule has 1 aliphatic rings. The molecule has 212 valence electrons. The Morgan fingerprint density at radius 1 is 1.15 bits per heavy atom. The van der Waals surface area contributed by atoms with Crippen molar-refractivity contribution in [3.8, 4) is 5.69 Å². The number of pyridine rings is 2. The van der Waals surface area contributed by atoms with Crippen LogP contribution in [-0.4, -0.2) is 41.1 Å². The normalized spacial score (nSPS) is 17.5. The van der Waals surface area contributed by atoms with E-state index in [1.807, 2.05) is 30.3 Å². The fourth-order valence-corrected chi connectivity index (χ4v) is 5.87. The molecule has 5 aromatic rings. The molecular formula is C29H27ClF2N6O3. The summed E-state index contributed by atoms with van der Waals surface area (Å²) in [4.78, 5) is 37.8. The zero-order valence-electron chi connectivity index (χ0n) is 21.9. The molecule has 0 atom stereocenters. The quantitative estimate of drug-likeness (QED) is 0.246. The standard InChI is InChI=1S/C29H27ClF2N6O3/c30-18-12-22(25(26(31)32)34-13-18)28(40)36-19-5-3-16(4-6-19)14-37-24-2-1-9-33-27(24)38(29(37)41)21-7-8-23-17(11-21)10-20(15-39)35-23/h1-2,7-13,16,19,26,35,39H,3-6,14-15H2,(H,36,40). The molecule has 0 aliphatic heterocycles. The van der Waals surface area contributed by atoms with E-state index >= 15 is 0 Å². The fourth-order valence-electron chi connectivity index (χ4n) is 5.72. The second-order valence-electron chi connectivity index (χ2n) is 10.4. The van der Waals surface area contributed by atoms with Crippen LogP contribution in [0.25, 0.3) is 27.8 Å². The molecule has 6 rings (SSSR count). The van der Waals surface area contributed by atoms with Gasteiger partial charge >= 0.3 is 5.69 Å². The lowest BCUT2D eigenvalue weighted by Gasteiger charge is -2.29. The first-order valence-electron chi connectivity index (χ1n) is 13.4. The van der Waals surface area contributed by atoms with Crippen molar-refractivity contribution < 1.29 is 18.7 Å². The number of nitrogens with zero attached hydrogens (tertiary/aromatic N) is 4. The van der Waals surface area contributed by atoms with E-state index in [4.69, 9.17) is 11.6 Å². The van der Waals surface area contributed by atoms with Crippen LogP contribution in [0.5, 0.6) is 0 Å². The average molecular weight is 581 g/mol. The van der Waals surface area contributed by atoms with Crippen LogP contribution in [0.4, 0.5) is 8.78 Å². The number of halogens is 3. The number of carbonyl (C=O) groups excluding carboxylic acids is 1. The molecule has 1 amide bonds. The zero-order chi connectivity index (χ0) is 28.7. The van der Waals surface area contributed by atoms with Gasteiger partial charge in [0, 0.05) is 41.6 Å². The van der Waals surface area contributed by atoms with Crippen molar-refractivity contribution in [3.05, 3.63) is 87.3 Å². The molecule has 4 heterocycles. The van der Waals surface area contributed by atoms with Crippen molar-refractivity contribution in [3.63, 3.8) is 0 Å². The van der Waals surface area contributed by atoms with Crippen LogP contribution >= 0.6 is 11.6 Å². The highest BCUT2D eigenvalue weighted by Crippen LogP contribution is 2.29. The Labute approximate surface area is 237 Å². The monoisotopic (exact) mass is 580 g/mol. The number of fused-ring (bicyclic) bond motifs is 2. The molecule has 9 nitrogen and oxygen atoms in total. The number of amides is 1. The summed E-state index contributed by atoms with van der Waals surface area (Å²) in [6.45, 7) is 0.384. The highest BCUT2D eigenvalue weighted by atomic mass is 35.5. The van der Waals surface area contributed by atoms with Gasteiger partial charge in [-0.1, -0.05) is 11.6 Å². The second-order valence-corrected chi connectivity index (χ2v) is 10.8. The topological polar surface area (TPSA) is 118 Å². The van der Waals surface area contributed by atoms with Gasteiger partial charge < -0.3 is 15.4 Å². The number of alkyl halides is 2. The summed E-state index contributed by atoms with van der Waals surface area (Å²) in [6, 6.07) is 12.2. The maximum absolute atomic E-state index is 13.7. The van der Waals surface area contributed by atoms with Crippen molar-refractivity contribution in [2.45, 2.75) is 51.3 Å². The predicted molar refractivity (Wildman–Crippen MR) is 151 cm³/mol. The number of H-pyrrole nitrogens is 1. The summed E-state index contributed by atoms with van der Waals surface area (Å²) in [7, 11) is 0. The maximum Gasteiger partial charge on any atom is 0.334 e. The molecule has 1 aromatic carbocycles. The summed E-state index contributed by atoms with van der Waals surface area (Å²) in [5, 5.41) is 13.3. The molecule has 1 saturated carbocycles. The molecule has 0 bridgehead atoms. The average Bonchev–Trinajstić information content (AvgIpc) is 3.51. The minimum Gasteiger partial charge on any atom is -0.390 e. The molecule has 12 heteroatoms. The van der Waals surface area contributed by atoms with E-state index in [9.17, 15) is 23.5 Å². The van der Waals surface area contributed by atoms with Gasteiger partial charge in [0.15, 0.2) is 5.65 Å². The Morgan fingerprint density at radius 3 is 2.71 bits per heavy atom. The Bertz CT molecular complexity index is 1810. The van der Waals surface area contributed by atoms with E-state index in [2.05, 4.69) is 20.3 Å². The number of aromatic amines is 1. The van der Waals surface area contributed by atoms with Crippen molar-refractivity contribution in [2.24, 2.45) is 5.92 Å². The summed E-state index contributed by atoms with van der Waals surface area (Å²) in [5.41, 5.74) is 2.52. The van der Waals surface area contributed by atoms with Crippen LogP contribution in [-0.2, 0) is 13.2 Å². The third kappa shape index (κ3) is 5.22. The SMILES string of the molecule is O=C(NC1CCC(Cn2c(=O)n(-c3ccc4[nH]c(CO)cc4c3)c3ncccc32)CC1)c1cc(Cl)cnc1C(F)F. The molecule has 1 fully saturated rings. The first-order valence-corrected chi connectivity index (χ1v) is 13.7. The van der Waals surface area contributed by atoms with Gasteiger partial charge in [-0.2, -0.15) is 0 Å². The number of hydrogen-bond acceptors (Lipinski definition) is 5. The van der Waals surface area contributed by atoms with E-state index in [0.717, 1.165) is 35.5 Å². The number of aliphatic hydroxyl groups is 1. The van der Waals surface area contributed by atoms with Gasteiger partial charge in [-0.15, -0.1) is 0 Å². The van der Waals surface area contributed by atoms with Gasteiger partial charge in [0.2, 0.25) is 0 Å². The highest BCUT2D eigenvalue weighted by Gasteiger charge is 2.27. The number of aromatic nitrogens is 5. The van der Waals surface area contributed by atoms with Gasteiger partial charge in [0.05, 0.1) is 28.4 Å².